The number of rotatable bonds is 6. The Morgan fingerprint density at radius 1 is 1.37 bits per heavy atom. The molecule has 8 nitrogen and oxygen atoms in total. The molecule has 0 saturated heterocycles. The van der Waals surface area contributed by atoms with Gasteiger partial charge in [0.25, 0.3) is 0 Å². The molecule has 3 aromatic rings. The van der Waals surface area contributed by atoms with E-state index in [1.807, 2.05) is 6.07 Å². The molecule has 3 rings (SSSR count). The zero-order valence-electron chi connectivity index (χ0n) is 14.5. The summed E-state index contributed by atoms with van der Waals surface area (Å²) in [5.74, 6) is 0.377. The third kappa shape index (κ3) is 4.34. The molecule has 2 heterocycles. The second-order valence-corrected chi connectivity index (χ2v) is 6.38. The van der Waals surface area contributed by atoms with Crippen LogP contribution < -0.4 is 5.32 Å². The van der Waals surface area contributed by atoms with E-state index in [1.54, 1.807) is 37.5 Å². The fourth-order valence-corrected chi connectivity index (χ4v) is 2.76. The largest absolute Gasteiger partial charge is 0.508 e. The molecule has 0 bridgehead atoms. The third-order valence-electron chi connectivity index (χ3n) is 3.73. The topological polar surface area (TPSA) is 120 Å². The lowest BCUT2D eigenvalue weighted by atomic mass is 10.1. The fourth-order valence-electron chi connectivity index (χ4n) is 2.53. The van der Waals surface area contributed by atoms with Crippen LogP contribution in [-0.4, -0.2) is 42.6 Å². The van der Waals surface area contributed by atoms with Gasteiger partial charge in [0.1, 0.15) is 18.0 Å². The molecule has 0 radical (unpaired) electrons. The number of aromatic hydroxyl groups is 1. The number of halogens is 1. The van der Waals surface area contributed by atoms with Crippen molar-refractivity contribution < 1.29 is 10.2 Å². The smallest absolute Gasteiger partial charge is 0.223 e. The Balaban J connectivity index is 2.10. The van der Waals surface area contributed by atoms with Crippen molar-refractivity contribution in [3.8, 4) is 34.3 Å². The van der Waals surface area contributed by atoms with E-state index in [2.05, 4.69) is 20.4 Å². The molecule has 0 aliphatic heterocycles. The number of aromatic nitrogens is 4. The summed E-state index contributed by atoms with van der Waals surface area (Å²) in [4.78, 5) is 8.62. The Bertz CT molecular complexity index is 978. The average Bonchev–Trinajstić information content (AvgIpc) is 3.05. The summed E-state index contributed by atoms with van der Waals surface area (Å²) in [5, 5.41) is 35.9. The second-order valence-electron chi connectivity index (χ2n) is 5.94. The maximum absolute atomic E-state index is 9.87. The highest BCUT2D eigenvalue weighted by Crippen LogP contribution is 2.33. The van der Waals surface area contributed by atoms with Gasteiger partial charge in [-0.25, -0.2) is 9.97 Å². The van der Waals surface area contributed by atoms with Crippen LogP contribution in [-0.2, 0) is 6.54 Å². The van der Waals surface area contributed by atoms with E-state index in [0.717, 1.165) is 0 Å². The van der Waals surface area contributed by atoms with Gasteiger partial charge in [-0.3, -0.25) is 4.68 Å². The molecule has 0 aliphatic carbocycles. The molecule has 138 valence electrons. The predicted octanol–water partition coefficient (Wildman–Crippen LogP) is 2.68. The molecule has 9 heteroatoms. The van der Waals surface area contributed by atoms with E-state index >= 15 is 0 Å². The first-order chi connectivity index (χ1) is 13.0. The highest BCUT2D eigenvalue weighted by molar-refractivity contribution is 6.31. The average molecular weight is 385 g/mol. The Labute approximate surface area is 160 Å². The highest BCUT2D eigenvalue weighted by atomic mass is 35.5. The van der Waals surface area contributed by atoms with Gasteiger partial charge in [0, 0.05) is 34.6 Å². The number of benzene rings is 1. The molecule has 27 heavy (non-hydrogen) atoms. The molecule has 0 fully saturated rings. The van der Waals surface area contributed by atoms with E-state index in [4.69, 9.17) is 16.9 Å². The lowest BCUT2D eigenvalue weighted by Crippen LogP contribution is -2.20. The molecule has 1 atom stereocenters. The van der Waals surface area contributed by atoms with Crippen LogP contribution in [0.4, 0.5) is 5.95 Å². The molecular weight excluding hydrogens is 368 g/mol. The number of nitriles is 1. The van der Waals surface area contributed by atoms with E-state index < -0.39 is 0 Å². The van der Waals surface area contributed by atoms with Gasteiger partial charge < -0.3 is 15.5 Å². The third-order valence-corrected chi connectivity index (χ3v) is 3.95. The number of hydrogen-bond acceptors (Lipinski definition) is 7. The Morgan fingerprint density at radius 2 is 2.19 bits per heavy atom. The van der Waals surface area contributed by atoms with Crippen molar-refractivity contribution in [1.29, 1.82) is 5.26 Å². The number of anilines is 1. The van der Waals surface area contributed by atoms with Crippen LogP contribution in [0.3, 0.4) is 0 Å². The van der Waals surface area contributed by atoms with Crippen molar-refractivity contribution in [3.05, 3.63) is 41.7 Å². The van der Waals surface area contributed by atoms with Crippen LogP contribution in [0.25, 0.3) is 22.5 Å². The Kier molecular flexibility index (Phi) is 5.54. The van der Waals surface area contributed by atoms with Crippen LogP contribution in [0.5, 0.6) is 5.75 Å². The summed E-state index contributed by atoms with van der Waals surface area (Å²) < 4.78 is 1.49. The molecule has 0 saturated carbocycles. The fraction of sp³-hybridized carbons (Fsp3) is 0.222. The highest BCUT2D eigenvalue weighted by Gasteiger charge is 2.16. The monoisotopic (exact) mass is 384 g/mol. The van der Waals surface area contributed by atoms with Gasteiger partial charge in [0.15, 0.2) is 0 Å². The molecule has 1 aromatic carbocycles. The lowest BCUT2D eigenvalue weighted by molar-refractivity contribution is 0.281. The van der Waals surface area contributed by atoms with Crippen LogP contribution in [0.2, 0.25) is 5.02 Å². The van der Waals surface area contributed by atoms with E-state index in [1.165, 1.54) is 10.7 Å². The summed E-state index contributed by atoms with van der Waals surface area (Å²) in [7, 11) is 0. The van der Waals surface area contributed by atoms with Crippen molar-refractivity contribution in [2.75, 3.05) is 11.9 Å². The molecule has 1 unspecified atom stereocenters. The summed E-state index contributed by atoms with van der Waals surface area (Å²) in [6, 6.07) is 8.22. The van der Waals surface area contributed by atoms with Crippen molar-refractivity contribution in [1.82, 2.24) is 19.7 Å². The molecular formula is C18H17ClN6O2. The number of aliphatic hydroxyl groups excluding tert-OH is 1. The molecule has 2 aromatic heterocycles. The lowest BCUT2D eigenvalue weighted by Gasteiger charge is -2.11. The first kappa shape index (κ1) is 18.6. The van der Waals surface area contributed by atoms with Crippen LogP contribution in [0.1, 0.15) is 6.92 Å². The number of phenolic OH excluding ortho intramolecular Hbond substituents is 1. The van der Waals surface area contributed by atoms with Crippen molar-refractivity contribution in [2.24, 2.45) is 0 Å². The zero-order valence-corrected chi connectivity index (χ0v) is 15.2. The van der Waals surface area contributed by atoms with Gasteiger partial charge in [-0.2, -0.15) is 10.4 Å². The quantitative estimate of drug-likeness (QED) is 0.597. The number of nitrogens with one attached hydrogen (secondary N) is 1. The van der Waals surface area contributed by atoms with Gasteiger partial charge in [0.05, 0.1) is 18.4 Å². The van der Waals surface area contributed by atoms with Crippen LogP contribution >= 0.6 is 11.6 Å². The molecule has 0 aliphatic rings. The summed E-state index contributed by atoms with van der Waals surface area (Å²) in [5.41, 5.74) is 2.37. The number of aliphatic hydroxyl groups is 1. The van der Waals surface area contributed by atoms with Crippen molar-refractivity contribution in [3.63, 3.8) is 0 Å². The number of nitrogens with zero attached hydrogens (tertiary/aromatic N) is 5. The number of hydrogen-bond donors (Lipinski definition) is 3. The van der Waals surface area contributed by atoms with E-state index in [-0.39, 0.29) is 24.9 Å². The van der Waals surface area contributed by atoms with E-state index in [0.29, 0.717) is 33.5 Å². The minimum absolute atomic E-state index is 0.0140. The molecule has 3 N–H and O–H groups in total. The van der Waals surface area contributed by atoms with Gasteiger partial charge in [-0.15, -0.1) is 0 Å². The number of phenols is 1. The standard InChI is InChI=1S/C18H17ClN6O2/c1-11(10-26)22-18-21-4-2-16(23-18)15-9-25(5-3-20)24-17(15)12-6-13(19)8-14(27)7-12/h2,4,6-9,11,26-27H,5,10H2,1H3,(H,21,22,23). The van der Waals surface area contributed by atoms with Gasteiger partial charge in [-0.1, -0.05) is 11.6 Å². The van der Waals surface area contributed by atoms with Crippen LogP contribution in [0.15, 0.2) is 36.7 Å². The maximum atomic E-state index is 9.87. The summed E-state index contributed by atoms with van der Waals surface area (Å²) in [6.07, 6.45) is 3.30. The predicted molar refractivity (Wildman–Crippen MR) is 101 cm³/mol. The van der Waals surface area contributed by atoms with Gasteiger partial charge in [-0.05, 0) is 31.2 Å². The second kappa shape index (κ2) is 8.03. The first-order valence-corrected chi connectivity index (χ1v) is 8.53. The summed E-state index contributed by atoms with van der Waals surface area (Å²) >= 11 is 6.06. The molecule has 0 spiro atoms. The normalized spacial score (nSPS) is 11.8. The maximum Gasteiger partial charge on any atom is 0.223 e. The minimum Gasteiger partial charge on any atom is -0.508 e. The SMILES string of the molecule is CC(CO)Nc1nccc(-c2cn(CC#N)nc2-c2cc(O)cc(Cl)c2)n1. The van der Waals surface area contributed by atoms with Crippen LogP contribution in [0, 0.1) is 11.3 Å². The summed E-state index contributed by atoms with van der Waals surface area (Å²) in [6.45, 7) is 1.82. The first-order valence-electron chi connectivity index (χ1n) is 8.15. The van der Waals surface area contributed by atoms with Gasteiger partial charge >= 0.3 is 0 Å². The van der Waals surface area contributed by atoms with Crippen molar-refractivity contribution >= 4 is 17.5 Å². The molecule has 0 amide bonds. The Hall–Kier alpha value is -3.15. The minimum atomic E-state index is -0.203. The van der Waals surface area contributed by atoms with Crippen molar-refractivity contribution in [2.45, 2.75) is 19.5 Å². The Morgan fingerprint density at radius 3 is 2.89 bits per heavy atom. The zero-order chi connectivity index (χ0) is 19.4. The van der Waals surface area contributed by atoms with Gasteiger partial charge in [0.2, 0.25) is 5.95 Å². The van der Waals surface area contributed by atoms with E-state index in [9.17, 15) is 10.2 Å².